The first kappa shape index (κ1) is 19.6. The van der Waals surface area contributed by atoms with Gasteiger partial charge in [0.05, 0.1) is 0 Å². The summed E-state index contributed by atoms with van der Waals surface area (Å²) in [5, 5.41) is 8.75. The molecule has 0 fully saturated rings. The number of hydrogen-bond donors (Lipinski definition) is 4. The van der Waals surface area contributed by atoms with Crippen LogP contribution in [-0.4, -0.2) is 47.7 Å². The summed E-state index contributed by atoms with van der Waals surface area (Å²) < 4.78 is 9.79. The lowest BCUT2D eigenvalue weighted by Crippen LogP contribution is -2.41. The Balaban J connectivity index is 2.52. The molecule has 0 radical (unpaired) electrons. The van der Waals surface area contributed by atoms with Gasteiger partial charge in [-0.2, -0.15) is 0 Å². The first-order valence-electron chi connectivity index (χ1n) is 7.17. The molecule has 0 bridgehead atoms. The Hall–Kier alpha value is -2.49. The molecule has 0 heterocycles. The highest BCUT2D eigenvalue weighted by Gasteiger charge is 2.19. The topological polar surface area (TPSA) is 168 Å². The fourth-order valence-electron chi connectivity index (χ4n) is 1.60. The van der Waals surface area contributed by atoms with Crippen LogP contribution in [0.1, 0.15) is 12.5 Å². The van der Waals surface area contributed by atoms with Crippen LogP contribution in [0.25, 0.3) is 0 Å². The average Bonchev–Trinajstić information content (AvgIpc) is 2.53. The van der Waals surface area contributed by atoms with E-state index in [1.807, 2.05) is 0 Å². The van der Waals surface area contributed by atoms with Gasteiger partial charge in [-0.05, 0) is 31.0 Å². The highest BCUT2D eigenvalue weighted by Crippen LogP contribution is 2.14. The molecular formula is C15H21N3O6. The van der Waals surface area contributed by atoms with E-state index < -0.39 is 36.0 Å². The van der Waals surface area contributed by atoms with Crippen molar-refractivity contribution in [1.29, 1.82) is 0 Å². The minimum Gasteiger partial charge on any atom is -0.480 e. The summed E-state index contributed by atoms with van der Waals surface area (Å²) in [6, 6.07) is 3.20. The van der Waals surface area contributed by atoms with Crippen LogP contribution in [0.15, 0.2) is 24.3 Å². The van der Waals surface area contributed by atoms with Crippen molar-refractivity contribution < 1.29 is 29.0 Å². The number of rotatable bonds is 8. The maximum atomic E-state index is 11.8. The van der Waals surface area contributed by atoms with Crippen molar-refractivity contribution in [2.24, 2.45) is 17.2 Å². The predicted octanol–water partition coefficient (Wildman–Crippen LogP) is -1.24. The average molecular weight is 339 g/mol. The third kappa shape index (κ3) is 6.32. The highest BCUT2D eigenvalue weighted by molar-refractivity contribution is 5.79. The zero-order valence-electron chi connectivity index (χ0n) is 13.2. The fraction of sp³-hybridized carbons (Fsp3) is 0.400. The summed E-state index contributed by atoms with van der Waals surface area (Å²) in [7, 11) is 0. The second-order valence-corrected chi connectivity index (χ2v) is 5.24. The second-order valence-electron chi connectivity index (χ2n) is 5.24. The van der Waals surface area contributed by atoms with Crippen LogP contribution in [0.2, 0.25) is 0 Å². The van der Waals surface area contributed by atoms with Crippen LogP contribution in [0, 0.1) is 0 Å². The third-order valence-electron chi connectivity index (χ3n) is 2.99. The molecule has 24 heavy (non-hydrogen) atoms. The van der Waals surface area contributed by atoms with Crippen molar-refractivity contribution in [2.45, 2.75) is 31.5 Å². The van der Waals surface area contributed by atoms with Crippen LogP contribution in [0.5, 0.6) is 5.75 Å². The van der Waals surface area contributed by atoms with Gasteiger partial charge in [-0.3, -0.25) is 9.59 Å². The van der Waals surface area contributed by atoms with Gasteiger partial charge in [0.15, 0.2) is 0 Å². The Morgan fingerprint density at radius 3 is 2.12 bits per heavy atom. The Morgan fingerprint density at radius 2 is 1.62 bits per heavy atom. The highest BCUT2D eigenvalue weighted by atomic mass is 16.6. The Bertz CT molecular complexity index is 587. The monoisotopic (exact) mass is 339 g/mol. The molecule has 0 aliphatic carbocycles. The van der Waals surface area contributed by atoms with E-state index in [0.29, 0.717) is 5.56 Å². The standard InChI is InChI=1S/C15H21N3O6/c1-8(16)14(21)23-7-12(18)15(22)24-10-4-2-9(3-5-10)6-11(17)13(19)20/h2-5,8,11-12H,6-7,16-18H2,1H3,(H,19,20)/t8-,11-,12-/m0/s1. The molecule has 0 amide bonds. The first-order chi connectivity index (χ1) is 11.2. The van der Waals surface area contributed by atoms with Gasteiger partial charge in [-0.25, -0.2) is 4.79 Å². The van der Waals surface area contributed by atoms with Gasteiger partial charge < -0.3 is 31.8 Å². The molecule has 1 rings (SSSR count). The molecule has 0 aliphatic heterocycles. The number of esters is 2. The number of aliphatic carboxylic acids is 1. The lowest BCUT2D eigenvalue weighted by Gasteiger charge is -2.13. The number of carboxylic acid groups (broad SMARTS) is 1. The maximum Gasteiger partial charge on any atom is 0.331 e. The van der Waals surface area contributed by atoms with Gasteiger partial charge in [0.1, 0.15) is 30.5 Å². The van der Waals surface area contributed by atoms with Crippen LogP contribution in [-0.2, 0) is 25.5 Å². The normalized spacial score (nSPS) is 14.3. The maximum absolute atomic E-state index is 11.8. The van der Waals surface area contributed by atoms with Gasteiger partial charge >= 0.3 is 17.9 Å². The lowest BCUT2D eigenvalue weighted by atomic mass is 10.1. The van der Waals surface area contributed by atoms with Gasteiger partial charge in [0, 0.05) is 0 Å². The number of benzene rings is 1. The van der Waals surface area contributed by atoms with E-state index in [0.717, 1.165) is 0 Å². The zero-order valence-corrected chi connectivity index (χ0v) is 13.2. The largest absolute Gasteiger partial charge is 0.480 e. The fourth-order valence-corrected chi connectivity index (χ4v) is 1.60. The predicted molar refractivity (Wildman–Crippen MR) is 84.0 cm³/mol. The third-order valence-corrected chi connectivity index (χ3v) is 2.99. The molecule has 132 valence electrons. The van der Waals surface area contributed by atoms with E-state index in [9.17, 15) is 14.4 Å². The van der Waals surface area contributed by atoms with Gasteiger partial charge in [0.25, 0.3) is 0 Å². The van der Waals surface area contributed by atoms with E-state index in [-0.39, 0.29) is 18.8 Å². The van der Waals surface area contributed by atoms with E-state index in [4.69, 9.17) is 31.8 Å². The molecule has 7 N–H and O–H groups in total. The summed E-state index contributed by atoms with van der Waals surface area (Å²) in [4.78, 5) is 33.7. The molecule has 3 atom stereocenters. The lowest BCUT2D eigenvalue weighted by molar-refractivity contribution is -0.148. The minimum absolute atomic E-state index is 0.149. The molecule has 0 saturated heterocycles. The number of carboxylic acids is 1. The van der Waals surface area contributed by atoms with E-state index in [2.05, 4.69) is 0 Å². The quantitative estimate of drug-likeness (QED) is 0.334. The minimum atomic E-state index is -1.15. The van der Waals surface area contributed by atoms with E-state index in [1.54, 1.807) is 12.1 Å². The molecule has 0 aliphatic rings. The molecular weight excluding hydrogens is 318 g/mol. The van der Waals surface area contributed by atoms with E-state index >= 15 is 0 Å². The number of ether oxygens (including phenoxy) is 2. The second kappa shape index (κ2) is 8.96. The molecule has 1 aromatic carbocycles. The molecule has 9 heteroatoms. The smallest absolute Gasteiger partial charge is 0.331 e. The summed E-state index contributed by atoms with van der Waals surface area (Å²) in [5.41, 5.74) is 17.0. The number of carbonyl (C=O) groups excluding carboxylic acids is 2. The summed E-state index contributed by atoms with van der Waals surface area (Å²) in [5.74, 6) is -2.32. The molecule has 0 unspecified atom stereocenters. The van der Waals surface area contributed by atoms with E-state index in [1.165, 1.54) is 19.1 Å². The molecule has 0 aromatic heterocycles. The SMILES string of the molecule is C[C@H](N)C(=O)OC[C@H](N)C(=O)Oc1ccc(C[C@H](N)C(=O)O)cc1. The Labute approximate surface area is 138 Å². The molecule has 1 aromatic rings. The summed E-state index contributed by atoms with van der Waals surface area (Å²) in [6.07, 6.45) is 0.149. The van der Waals surface area contributed by atoms with Crippen LogP contribution in [0.4, 0.5) is 0 Å². The van der Waals surface area contributed by atoms with Crippen LogP contribution >= 0.6 is 0 Å². The van der Waals surface area contributed by atoms with Gasteiger partial charge in [0.2, 0.25) is 0 Å². The number of carbonyl (C=O) groups is 3. The van der Waals surface area contributed by atoms with Crippen molar-refractivity contribution in [3.8, 4) is 5.75 Å². The van der Waals surface area contributed by atoms with Gasteiger partial charge in [-0.1, -0.05) is 12.1 Å². The Morgan fingerprint density at radius 1 is 1.04 bits per heavy atom. The van der Waals surface area contributed by atoms with Crippen molar-refractivity contribution in [2.75, 3.05) is 6.61 Å². The van der Waals surface area contributed by atoms with Crippen molar-refractivity contribution in [1.82, 2.24) is 0 Å². The Kier molecular flexibility index (Phi) is 7.31. The molecule has 0 saturated carbocycles. The molecule has 0 spiro atoms. The van der Waals surface area contributed by atoms with Crippen molar-refractivity contribution in [3.63, 3.8) is 0 Å². The summed E-state index contributed by atoms with van der Waals surface area (Å²) >= 11 is 0. The van der Waals surface area contributed by atoms with Crippen LogP contribution < -0.4 is 21.9 Å². The van der Waals surface area contributed by atoms with Crippen LogP contribution in [0.3, 0.4) is 0 Å². The number of hydrogen-bond acceptors (Lipinski definition) is 8. The zero-order chi connectivity index (χ0) is 18.3. The van der Waals surface area contributed by atoms with Gasteiger partial charge in [-0.15, -0.1) is 0 Å². The molecule has 9 nitrogen and oxygen atoms in total. The van der Waals surface area contributed by atoms with Crippen molar-refractivity contribution in [3.05, 3.63) is 29.8 Å². The first-order valence-corrected chi connectivity index (χ1v) is 7.17. The van der Waals surface area contributed by atoms with Crippen molar-refractivity contribution >= 4 is 17.9 Å². The number of nitrogens with two attached hydrogens (primary N) is 3. The summed E-state index contributed by atoms with van der Waals surface area (Å²) in [6.45, 7) is 1.11.